The van der Waals surface area contributed by atoms with Crippen molar-refractivity contribution >= 4 is 23.2 Å². The Labute approximate surface area is 161 Å². The van der Waals surface area contributed by atoms with Gasteiger partial charge in [-0.25, -0.2) is 0 Å². The van der Waals surface area contributed by atoms with Gasteiger partial charge in [-0.2, -0.15) is 0 Å². The molecule has 0 spiro atoms. The molecule has 3 rings (SSSR count). The number of benzene rings is 1. The quantitative estimate of drug-likeness (QED) is 0.825. The van der Waals surface area contributed by atoms with Crippen molar-refractivity contribution in [1.29, 1.82) is 0 Å². The maximum absolute atomic E-state index is 13.0. The molecule has 3 unspecified atom stereocenters. The largest absolute Gasteiger partial charge is 0.378 e. The van der Waals surface area contributed by atoms with Crippen LogP contribution in [0, 0.1) is 5.41 Å². The van der Waals surface area contributed by atoms with E-state index in [4.69, 9.17) is 22.1 Å². The molecule has 2 fully saturated rings. The van der Waals surface area contributed by atoms with E-state index in [-0.39, 0.29) is 23.5 Å². The summed E-state index contributed by atoms with van der Waals surface area (Å²) in [6, 6.07) is 7.93. The summed E-state index contributed by atoms with van der Waals surface area (Å²) >= 11 is 6.34. The molecule has 0 bridgehead atoms. The average molecular weight is 380 g/mol. The first-order valence-corrected chi connectivity index (χ1v) is 9.88. The van der Waals surface area contributed by atoms with Gasteiger partial charge in [0.25, 0.3) is 0 Å². The van der Waals surface area contributed by atoms with Crippen LogP contribution < -0.4 is 16.0 Å². The molecular formula is C20H30ClN3O2. The highest BCUT2D eigenvalue weighted by molar-refractivity contribution is 6.33. The number of nitrogens with zero attached hydrogens (tertiary/aromatic N) is 1. The second-order valence-corrected chi connectivity index (χ2v) is 8.46. The van der Waals surface area contributed by atoms with E-state index in [1.807, 2.05) is 45.0 Å². The van der Waals surface area contributed by atoms with Crippen LogP contribution in [-0.2, 0) is 9.53 Å². The van der Waals surface area contributed by atoms with Crippen LogP contribution in [0.4, 0.5) is 5.69 Å². The van der Waals surface area contributed by atoms with E-state index in [1.165, 1.54) is 0 Å². The van der Waals surface area contributed by atoms with Gasteiger partial charge in [-0.1, -0.05) is 37.6 Å². The predicted octanol–water partition coefficient (Wildman–Crippen LogP) is 2.96. The third-order valence-corrected chi connectivity index (χ3v) is 6.50. The Balaban J connectivity index is 1.64. The molecule has 5 nitrogen and oxygen atoms in total. The number of carbonyl (C=O) groups excluding carboxylic acids is 1. The third kappa shape index (κ3) is 3.32. The summed E-state index contributed by atoms with van der Waals surface area (Å²) in [7, 11) is 0. The van der Waals surface area contributed by atoms with Gasteiger partial charge in [-0.05, 0) is 31.9 Å². The molecule has 1 saturated carbocycles. The zero-order valence-corrected chi connectivity index (χ0v) is 16.7. The normalized spacial score (nSPS) is 30.6. The first-order valence-electron chi connectivity index (χ1n) is 9.50. The lowest BCUT2D eigenvalue weighted by Gasteiger charge is -2.58. The number of anilines is 1. The van der Waals surface area contributed by atoms with Gasteiger partial charge in [-0.15, -0.1) is 0 Å². The molecule has 1 aromatic carbocycles. The predicted molar refractivity (Wildman–Crippen MR) is 106 cm³/mol. The van der Waals surface area contributed by atoms with Crippen molar-refractivity contribution in [1.82, 2.24) is 5.32 Å². The number of nitrogens with one attached hydrogen (secondary N) is 1. The number of piperidine rings is 1. The molecule has 1 aliphatic heterocycles. The molecule has 3 atom stereocenters. The summed E-state index contributed by atoms with van der Waals surface area (Å²) in [6.45, 7) is 8.35. The minimum absolute atomic E-state index is 0.0363. The van der Waals surface area contributed by atoms with Gasteiger partial charge < -0.3 is 20.7 Å². The summed E-state index contributed by atoms with van der Waals surface area (Å²) in [4.78, 5) is 15.2. The fraction of sp³-hybridized carbons (Fsp3) is 0.650. The number of carbonyl (C=O) groups is 1. The summed E-state index contributed by atoms with van der Waals surface area (Å²) < 4.78 is 5.73. The lowest BCUT2D eigenvalue weighted by molar-refractivity contribution is -0.171. The number of amides is 1. The van der Waals surface area contributed by atoms with Crippen molar-refractivity contribution in [3.63, 3.8) is 0 Å². The molecule has 1 amide bonds. The smallest absolute Gasteiger partial charge is 0.241 e. The number of ether oxygens (including phenoxy) is 1. The fourth-order valence-corrected chi connectivity index (χ4v) is 4.41. The van der Waals surface area contributed by atoms with E-state index in [0.717, 1.165) is 36.6 Å². The summed E-state index contributed by atoms with van der Waals surface area (Å²) in [5.74, 6) is -0.0653. The van der Waals surface area contributed by atoms with Crippen molar-refractivity contribution in [2.45, 2.75) is 57.7 Å². The minimum atomic E-state index is -0.875. The Morgan fingerprint density at radius 1 is 1.42 bits per heavy atom. The van der Waals surface area contributed by atoms with Gasteiger partial charge in [0.1, 0.15) is 5.54 Å². The molecule has 26 heavy (non-hydrogen) atoms. The molecule has 0 radical (unpaired) electrons. The maximum atomic E-state index is 13.0. The lowest BCUT2D eigenvalue weighted by atomic mass is 9.54. The zero-order valence-electron chi connectivity index (χ0n) is 15.9. The average Bonchev–Trinajstić information content (AvgIpc) is 2.62. The molecule has 1 aromatic rings. The number of hydrogen-bond acceptors (Lipinski definition) is 4. The van der Waals surface area contributed by atoms with Crippen LogP contribution in [0.5, 0.6) is 0 Å². The van der Waals surface area contributed by atoms with Gasteiger partial charge in [0.05, 0.1) is 16.8 Å². The Morgan fingerprint density at radius 3 is 2.81 bits per heavy atom. The van der Waals surface area contributed by atoms with Crippen LogP contribution in [0.1, 0.15) is 40.0 Å². The van der Waals surface area contributed by atoms with E-state index in [1.54, 1.807) is 0 Å². The minimum Gasteiger partial charge on any atom is -0.378 e. The number of para-hydroxylation sites is 1. The molecule has 1 aliphatic carbocycles. The van der Waals surface area contributed by atoms with E-state index in [2.05, 4.69) is 10.2 Å². The standard InChI is InChI=1S/C20H30ClN3O2/c1-4-26-17-12-20(22,19(17,2)3)18(25)23-14-8-7-11-24(13-14)16-10-6-5-9-15(16)21/h5-6,9-10,14,17H,4,7-8,11-13,22H2,1-3H3,(H,23,25). The van der Waals surface area contributed by atoms with Crippen molar-refractivity contribution in [2.75, 3.05) is 24.6 Å². The van der Waals surface area contributed by atoms with Crippen LogP contribution in [0.2, 0.25) is 5.02 Å². The van der Waals surface area contributed by atoms with Crippen LogP contribution in [0.25, 0.3) is 0 Å². The SMILES string of the molecule is CCOC1CC(N)(C(=O)NC2CCCN(c3ccccc3Cl)C2)C1(C)C. The van der Waals surface area contributed by atoms with E-state index in [9.17, 15) is 4.79 Å². The van der Waals surface area contributed by atoms with Crippen molar-refractivity contribution < 1.29 is 9.53 Å². The number of rotatable bonds is 5. The topological polar surface area (TPSA) is 67.6 Å². The molecule has 2 aliphatic rings. The fourth-order valence-electron chi connectivity index (χ4n) is 4.16. The van der Waals surface area contributed by atoms with Crippen LogP contribution in [-0.4, -0.2) is 43.3 Å². The molecule has 0 aromatic heterocycles. The van der Waals surface area contributed by atoms with Crippen LogP contribution >= 0.6 is 11.6 Å². The van der Waals surface area contributed by atoms with Crippen LogP contribution in [0.3, 0.4) is 0 Å². The highest BCUT2D eigenvalue weighted by Gasteiger charge is 2.63. The van der Waals surface area contributed by atoms with Gasteiger partial charge in [-0.3, -0.25) is 4.79 Å². The number of hydrogen-bond donors (Lipinski definition) is 2. The molecule has 1 heterocycles. The monoisotopic (exact) mass is 379 g/mol. The molecular weight excluding hydrogens is 350 g/mol. The van der Waals surface area contributed by atoms with Gasteiger partial charge >= 0.3 is 0 Å². The van der Waals surface area contributed by atoms with Crippen LogP contribution in [0.15, 0.2) is 24.3 Å². The number of nitrogens with two attached hydrogens (primary N) is 1. The Morgan fingerprint density at radius 2 is 2.15 bits per heavy atom. The lowest BCUT2D eigenvalue weighted by Crippen LogP contribution is -2.76. The number of halogens is 1. The Hall–Kier alpha value is -1.30. The first-order chi connectivity index (χ1) is 12.3. The zero-order chi connectivity index (χ0) is 18.9. The van der Waals surface area contributed by atoms with Gasteiger partial charge in [0.2, 0.25) is 5.91 Å². The van der Waals surface area contributed by atoms with Crippen molar-refractivity contribution in [3.8, 4) is 0 Å². The summed E-state index contributed by atoms with van der Waals surface area (Å²) in [5, 5.41) is 3.94. The summed E-state index contributed by atoms with van der Waals surface area (Å²) in [5.41, 5.74) is 6.28. The summed E-state index contributed by atoms with van der Waals surface area (Å²) in [6.07, 6.45) is 2.58. The highest BCUT2D eigenvalue weighted by atomic mass is 35.5. The van der Waals surface area contributed by atoms with Crippen molar-refractivity contribution in [3.05, 3.63) is 29.3 Å². The van der Waals surface area contributed by atoms with E-state index < -0.39 is 5.54 Å². The Bertz CT molecular complexity index is 666. The molecule has 3 N–H and O–H groups in total. The molecule has 6 heteroatoms. The first kappa shape index (κ1) is 19.5. The highest BCUT2D eigenvalue weighted by Crippen LogP contribution is 2.50. The van der Waals surface area contributed by atoms with Gasteiger partial charge in [0.15, 0.2) is 0 Å². The maximum Gasteiger partial charge on any atom is 0.241 e. The molecule has 1 saturated heterocycles. The van der Waals surface area contributed by atoms with E-state index in [0.29, 0.717) is 13.0 Å². The Kier molecular flexibility index (Phi) is 5.52. The second kappa shape index (κ2) is 7.37. The third-order valence-electron chi connectivity index (χ3n) is 6.18. The second-order valence-electron chi connectivity index (χ2n) is 8.05. The van der Waals surface area contributed by atoms with Crippen molar-refractivity contribution in [2.24, 2.45) is 11.1 Å². The van der Waals surface area contributed by atoms with E-state index >= 15 is 0 Å². The van der Waals surface area contributed by atoms with Gasteiger partial charge in [0, 0.05) is 37.6 Å². The molecule has 144 valence electrons.